The maximum atomic E-state index is 6.04. The lowest BCUT2D eigenvalue weighted by atomic mass is 10.2. The van der Waals surface area contributed by atoms with E-state index >= 15 is 0 Å². The van der Waals surface area contributed by atoms with Crippen molar-refractivity contribution in [2.24, 2.45) is 0 Å². The quantitative estimate of drug-likeness (QED) is 0.719. The molecule has 0 unspecified atom stereocenters. The zero-order valence-electron chi connectivity index (χ0n) is 10.2. The fourth-order valence-corrected chi connectivity index (χ4v) is 3.04. The molecular weight excluding hydrogens is 280 g/mol. The maximum absolute atomic E-state index is 6.04. The van der Waals surface area contributed by atoms with Crippen molar-refractivity contribution in [3.8, 4) is 16.3 Å². The highest BCUT2D eigenvalue weighted by atomic mass is 35.5. The topological polar surface area (TPSA) is 48.1 Å². The van der Waals surface area contributed by atoms with E-state index in [0.717, 1.165) is 26.5 Å². The zero-order valence-corrected chi connectivity index (χ0v) is 11.8. The molecule has 2 aromatic carbocycles. The number of nitrogens with zero attached hydrogens (tertiary/aromatic N) is 1. The molecule has 0 aliphatic rings. The number of fused-ring (bicyclic) bond motifs is 1. The Bertz CT molecular complexity index is 754. The van der Waals surface area contributed by atoms with Gasteiger partial charge in [0.15, 0.2) is 0 Å². The summed E-state index contributed by atoms with van der Waals surface area (Å²) >= 11 is 7.56. The van der Waals surface area contributed by atoms with Crippen molar-refractivity contribution in [1.82, 2.24) is 4.98 Å². The van der Waals surface area contributed by atoms with Crippen molar-refractivity contribution in [2.45, 2.75) is 0 Å². The van der Waals surface area contributed by atoms with E-state index in [-0.39, 0.29) is 0 Å². The Morgan fingerprint density at radius 2 is 2.05 bits per heavy atom. The summed E-state index contributed by atoms with van der Waals surface area (Å²) in [4.78, 5) is 4.57. The molecule has 3 nitrogen and oxygen atoms in total. The smallest absolute Gasteiger partial charge is 0.126 e. The highest BCUT2D eigenvalue weighted by Crippen LogP contribution is 2.35. The number of hydrogen-bond acceptors (Lipinski definition) is 4. The van der Waals surface area contributed by atoms with Crippen molar-refractivity contribution >= 4 is 38.8 Å². The number of rotatable bonds is 2. The fraction of sp³-hybridized carbons (Fsp3) is 0.0714. The van der Waals surface area contributed by atoms with E-state index < -0.39 is 0 Å². The summed E-state index contributed by atoms with van der Waals surface area (Å²) in [7, 11) is 1.62. The number of thiazole rings is 1. The third-order valence-electron chi connectivity index (χ3n) is 2.84. The number of anilines is 1. The maximum Gasteiger partial charge on any atom is 0.126 e. The van der Waals surface area contributed by atoms with Crippen LogP contribution in [0.25, 0.3) is 20.8 Å². The van der Waals surface area contributed by atoms with E-state index in [9.17, 15) is 0 Å². The van der Waals surface area contributed by atoms with Crippen molar-refractivity contribution in [3.63, 3.8) is 0 Å². The SMILES string of the molecule is COc1ccc(-c2nc3cc(Cl)ccc3s2)c(N)c1. The summed E-state index contributed by atoms with van der Waals surface area (Å²) in [5, 5.41) is 1.57. The second-order valence-corrected chi connectivity index (χ2v) is 5.55. The van der Waals surface area contributed by atoms with Crippen LogP contribution in [-0.2, 0) is 0 Å². The van der Waals surface area contributed by atoms with E-state index in [1.807, 2.05) is 30.3 Å². The molecule has 0 spiro atoms. The summed E-state index contributed by atoms with van der Waals surface area (Å²) in [6.45, 7) is 0. The number of methoxy groups -OCH3 is 1. The third-order valence-corrected chi connectivity index (χ3v) is 4.14. The zero-order chi connectivity index (χ0) is 13.4. The molecule has 0 radical (unpaired) electrons. The van der Waals surface area contributed by atoms with Crippen LogP contribution >= 0.6 is 22.9 Å². The van der Waals surface area contributed by atoms with Crippen LogP contribution in [0.15, 0.2) is 36.4 Å². The number of benzene rings is 2. The Morgan fingerprint density at radius 1 is 1.21 bits per heavy atom. The van der Waals surface area contributed by atoms with Gasteiger partial charge in [-0.15, -0.1) is 11.3 Å². The van der Waals surface area contributed by atoms with Gasteiger partial charge in [0.25, 0.3) is 0 Å². The second kappa shape index (κ2) is 4.72. The minimum Gasteiger partial charge on any atom is -0.497 e. The van der Waals surface area contributed by atoms with Crippen LogP contribution in [0.4, 0.5) is 5.69 Å². The van der Waals surface area contributed by atoms with Gasteiger partial charge < -0.3 is 10.5 Å². The minimum absolute atomic E-state index is 0.657. The van der Waals surface area contributed by atoms with Gasteiger partial charge in [0.2, 0.25) is 0 Å². The minimum atomic E-state index is 0.657. The Morgan fingerprint density at radius 3 is 2.79 bits per heavy atom. The van der Waals surface area contributed by atoms with Crippen LogP contribution in [0, 0.1) is 0 Å². The average Bonchev–Trinajstić information content (AvgIpc) is 2.81. The third kappa shape index (κ3) is 2.25. The van der Waals surface area contributed by atoms with Gasteiger partial charge in [0, 0.05) is 22.3 Å². The van der Waals surface area contributed by atoms with Crippen LogP contribution in [0.2, 0.25) is 5.02 Å². The van der Waals surface area contributed by atoms with Gasteiger partial charge in [0.05, 0.1) is 17.3 Å². The van der Waals surface area contributed by atoms with Crippen LogP contribution in [0.1, 0.15) is 0 Å². The molecular formula is C14H11ClN2OS. The standard InChI is InChI=1S/C14H11ClN2OS/c1-18-9-3-4-10(11(16)7-9)14-17-12-6-8(15)2-5-13(12)19-14/h2-7H,16H2,1H3. The van der Waals surface area contributed by atoms with E-state index in [2.05, 4.69) is 4.98 Å². The van der Waals surface area contributed by atoms with E-state index in [4.69, 9.17) is 22.1 Å². The number of hydrogen-bond donors (Lipinski definition) is 1. The Hall–Kier alpha value is -1.78. The average molecular weight is 291 g/mol. The normalized spacial score (nSPS) is 10.8. The van der Waals surface area contributed by atoms with Crippen molar-refractivity contribution in [3.05, 3.63) is 41.4 Å². The molecule has 3 aromatic rings. The van der Waals surface area contributed by atoms with Gasteiger partial charge in [-0.3, -0.25) is 0 Å². The first-order valence-corrected chi connectivity index (χ1v) is 6.87. The first kappa shape index (κ1) is 12.3. The Labute approximate surface area is 119 Å². The van der Waals surface area contributed by atoms with Gasteiger partial charge in [-0.25, -0.2) is 4.98 Å². The number of ether oxygens (including phenoxy) is 1. The predicted molar refractivity (Wildman–Crippen MR) is 81.0 cm³/mol. The van der Waals surface area contributed by atoms with Gasteiger partial charge >= 0.3 is 0 Å². The first-order chi connectivity index (χ1) is 9.17. The highest BCUT2D eigenvalue weighted by molar-refractivity contribution is 7.21. The molecule has 19 heavy (non-hydrogen) atoms. The molecule has 1 heterocycles. The summed E-state index contributed by atoms with van der Waals surface area (Å²) in [5.41, 5.74) is 8.50. The lowest BCUT2D eigenvalue weighted by molar-refractivity contribution is 0.415. The molecule has 0 aliphatic heterocycles. The van der Waals surface area contributed by atoms with Crippen LogP contribution in [0.5, 0.6) is 5.75 Å². The molecule has 5 heteroatoms. The number of nitrogen functional groups attached to an aromatic ring is 1. The number of aromatic nitrogens is 1. The predicted octanol–water partition coefficient (Wildman–Crippen LogP) is 4.21. The Kier molecular flexibility index (Phi) is 3.05. The second-order valence-electron chi connectivity index (χ2n) is 4.08. The summed E-state index contributed by atoms with van der Waals surface area (Å²) in [6.07, 6.45) is 0. The summed E-state index contributed by atoms with van der Waals surface area (Å²) < 4.78 is 6.24. The van der Waals surface area contributed by atoms with Gasteiger partial charge in [0.1, 0.15) is 10.8 Å². The molecule has 0 saturated carbocycles. The summed E-state index contributed by atoms with van der Waals surface area (Å²) in [6, 6.07) is 11.3. The van der Waals surface area contributed by atoms with Crippen LogP contribution in [-0.4, -0.2) is 12.1 Å². The lowest BCUT2D eigenvalue weighted by Crippen LogP contribution is -1.91. The molecule has 1 aromatic heterocycles. The molecule has 2 N–H and O–H groups in total. The molecule has 0 aliphatic carbocycles. The number of halogens is 1. The lowest BCUT2D eigenvalue weighted by Gasteiger charge is -2.04. The molecule has 0 saturated heterocycles. The highest BCUT2D eigenvalue weighted by Gasteiger charge is 2.10. The van der Waals surface area contributed by atoms with Crippen molar-refractivity contribution in [1.29, 1.82) is 0 Å². The fourth-order valence-electron chi connectivity index (χ4n) is 1.88. The van der Waals surface area contributed by atoms with E-state index in [0.29, 0.717) is 10.7 Å². The molecule has 0 fully saturated rings. The molecule has 3 rings (SSSR count). The largest absolute Gasteiger partial charge is 0.497 e. The van der Waals surface area contributed by atoms with Crippen molar-refractivity contribution < 1.29 is 4.74 Å². The molecule has 0 bridgehead atoms. The Balaban J connectivity index is 2.13. The summed E-state index contributed by atoms with van der Waals surface area (Å²) in [5.74, 6) is 0.741. The van der Waals surface area contributed by atoms with Crippen molar-refractivity contribution in [2.75, 3.05) is 12.8 Å². The van der Waals surface area contributed by atoms with Crippen LogP contribution < -0.4 is 10.5 Å². The van der Waals surface area contributed by atoms with E-state index in [1.165, 1.54) is 0 Å². The van der Waals surface area contributed by atoms with Gasteiger partial charge in [-0.05, 0) is 30.3 Å². The van der Waals surface area contributed by atoms with Gasteiger partial charge in [-0.2, -0.15) is 0 Å². The van der Waals surface area contributed by atoms with E-state index in [1.54, 1.807) is 24.5 Å². The molecule has 96 valence electrons. The molecule has 0 atom stereocenters. The monoisotopic (exact) mass is 290 g/mol. The first-order valence-electron chi connectivity index (χ1n) is 5.67. The molecule has 0 amide bonds. The number of nitrogens with two attached hydrogens (primary N) is 1. The van der Waals surface area contributed by atoms with Gasteiger partial charge in [-0.1, -0.05) is 11.6 Å². The van der Waals surface area contributed by atoms with Crippen LogP contribution in [0.3, 0.4) is 0 Å².